The van der Waals surface area contributed by atoms with Gasteiger partial charge in [-0.25, -0.2) is 9.97 Å². The van der Waals surface area contributed by atoms with Crippen molar-refractivity contribution in [2.45, 2.75) is 12.8 Å². The van der Waals surface area contributed by atoms with Gasteiger partial charge < -0.3 is 9.80 Å². The van der Waals surface area contributed by atoms with Crippen LogP contribution >= 0.6 is 0 Å². The van der Waals surface area contributed by atoms with Gasteiger partial charge >= 0.3 is 0 Å². The molecule has 0 saturated carbocycles. The molecule has 0 N–H and O–H groups in total. The van der Waals surface area contributed by atoms with E-state index in [4.69, 9.17) is 0 Å². The minimum Gasteiger partial charge on any atom is -0.342 e. The van der Waals surface area contributed by atoms with E-state index in [0.29, 0.717) is 18.3 Å². The Hall–Kier alpha value is -2.43. The van der Waals surface area contributed by atoms with Crippen molar-refractivity contribution in [2.24, 2.45) is 11.8 Å². The van der Waals surface area contributed by atoms with Crippen LogP contribution in [0.25, 0.3) is 0 Å². The normalized spacial score (nSPS) is 23.2. The number of benzene rings is 1. The molecule has 2 aliphatic rings. The van der Waals surface area contributed by atoms with Crippen LogP contribution in [-0.2, 0) is 11.2 Å². The molecule has 1 aromatic carbocycles. The highest BCUT2D eigenvalue weighted by molar-refractivity contribution is 5.79. The molecule has 1 aromatic heterocycles. The Morgan fingerprint density at radius 1 is 1.00 bits per heavy atom. The Balaban J connectivity index is 1.38. The van der Waals surface area contributed by atoms with Crippen LogP contribution in [0.15, 0.2) is 48.8 Å². The van der Waals surface area contributed by atoms with Gasteiger partial charge in [0.25, 0.3) is 0 Å². The second-order valence-corrected chi connectivity index (χ2v) is 6.76. The van der Waals surface area contributed by atoms with Gasteiger partial charge in [-0.15, -0.1) is 0 Å². The van der Waals surface area contributed by atoms with E-state index in [0.717, 1.165) is 44.1 Å². The van der Waals surface area contributed by atoms with Gasteiger partial charge in [-0.05, 0) is 29.9 Å². The molecule has 0 bridgehead atoms. The minimum atomic E-state index is 0.248. The summed E-state index contributed by atoms with van der Waals surface area (Å²) in [5.41, 5.74) is 1.09. The van der Waals surface area contributed by atoms with E-state index in [9.17, 15) is 4.79 Å². The van der Waals surface area contributed by atoms with Crippen molar-refractivity contribution in [1.29, 1.82) is 0 Å². The summed E-state index contributed by atoms with van der Waals surface area (Å²) in [6.45, 7) is 3.69. The van der Waals surface area contributed by atoms with Crippen LogP contribution in [-0.4, -0.2) is 47.0 Å². The molecule has 2 atom stereocenters. The highest BCUT2D eigenvalue weighted by Crippen LogP contribution is 2.32. The lowest BCUT2D eigenvalue weighted by atomic mass is 9.89. The van der Waals surface area contributed by atoms with Gasteiger partial charge in [-0.3, -0.25) is 4.79 Å². The summed E-state index contributed by atoms with van der Waals surface area (Å²) in [6.07, 6.45) is 5.20. The van der Waals surface area contributed by atoms with Gasteiger partial charge in [-0.2, -0.15) is 0 Å². The number of rotatable bonds is 3. The summed E-state index contributed by atoms with van der Waals surface area (Å²) < 4.78 is 0. The lowest BCUT2D eigenvalue weighted by Gasteiger charge is -2.34. The number of carbonyl (C=O) groups excluding carboxylic acids is 1. The third-order valence-corrected chi connectivity index (χ3v) is 5.19. The molecular formula is C19H22N4O. The van der Waals surface area contributed by atoms with Crippen molar-refractivity contribution in [1.82, 2.24) is 14.9 Å². The SMILES string of the molecule is O=C(Cc1ccccc1)N1C[C@@H]2CCN(c3ncccn3)C[C@@H]2C1. The third-order valence-electron chi connectivity index (χ3n) is 5.19. The van der Waals surface area contributed by atoms with Crippen LogP contribution in [0.5, 0.6) is 0 Å². The van der Waals surface area contributed by atoms with Gasteiger partial charge in [0, 0.05) is 38.6 Å². The van der Waals surface area contributed by atoms with Crippen LogP contribution in [0.2, 0.25) is 0 Å². The number of carbonyl (C=O) groups is 1. The third kappa shape index (κ3) is 3.11. The molecule has 4 rings (SSSR count). The van der Waals surface area contributed by atoms with E-state index in [2.05, 4.69) is 19.8 Å². The molecule has 3 heterocycles. The smallest absolute Gasteiger partial charge is 0.227 e. The molecule has 124 valence electrons. The molecule has 2 aliphatic heterocycles. The zero-order valence-corrected chi connectivity index (χ0v) is 13.7. The van der Waals surface area contributed by atoms with Crippen LogP contribution in [0, 0.1) is 11.8 Å². The van der Waals surface area contributed by atoms with Crippen LogP contribution in [0.1, 0.15) is 12.0 Å². The fourth-order valence-electron chi connectivity index (χ4n) is 3.89. The van der Waals surface area contributed by atoms with Gasteiger partial charge in [0.05, 0.1) is 6.42 Å². The summed E-state index contributed by atoms with van der Waals surface area (Å²) in [5, 5.41) is 0. The maximum atomic E-state index is 12.6. The minimum absolute atomic E-state index is 0.248. The number of anilines is 1. The molecule has 0 radical (unpaired) electrons. The Morgan fingerprint density at radius 3 is 2.54 bits per heavy atom. The summed E-state index contributed by atoms with van der Waals surface area (Å²) >= 11 is 0. The molecule has 0 spiro atoms. The lowest BCUT2D eigenvalue weighted by molar-refractivity contribution is -0.129. The van der Waals surface area contributed by atoms with Crippen LogP contribution in [0.4, 0.5) is 5.95 Å². The zero-order chi connectivity index (χ0) is 16.4. The van der Waals surface area contributed by atoms with Gasteiger partial charge in [0.15, 0.2) is 0 Å². The van der Waals surface area contributed by atoms with Crippen molar-refractivity contribution in [2.75, 3.05) is 31.1 Å². The van der Waals surface area contributed by atoms with E-state index in [1.165, 1.54) is 0 Å². The van der Waals surface area contributed by atoms with Crippen LogP contribution in [0.3, 0.4) is 0 Å². The Bertz CT molecular complexity index is 691. The largest absolute Gasteiger partial charge is 0.342 e. The quantitative estimate of drug-likeness (QED) is 0.867. The van der Waals surface area contributed by atoms with Crippen molar-refractivity contribution in [3.8, 4) is 0 Å². The fraction of sp³-hybridized carbons (Fsp3) is 0.421. The summed E-state index contributed by atoms with van der Waals surface area (Å²) in [6, 6.07) is 11.9. The second kappa shape index (κ2) is 6.59. The van der Waals surface area contributed by atoms with Gasteiger partial charge in [0.2, 0.25) is 11.9 Å². The predicted octanol–water partition coefficient (Wildman–Crippen LogP) is 2.00. The molecule has 0 unspecified atom stereocenters. The topological polar surface area (TPSA) is 49.3 Å². The van der Waals surface area contributed by atoms with Crippen molar-refractivity contribution in [3.63, 3.8) is 0 Å². The van der Waals surface area contributed by atoms with Gasteiger partial charge in [-0.1, -0.05) is 30.3 Å². The maximum absolute atomic E-state index is 12.6. The van der Waals surface area contributed by atoms with Gasteiger partial charge in [0.1, 0.15) is 0 Å². The second-order valence-electron chi connectivity index (χ2n) is 6.76. The molecule has 2 aromatic rings. The first-order valence-electron chi connectivity index (χ1n) is 8.63. The number of nitrogens with zero attached hydrogens (tertiary/aromatic N) is 4. The van der Waals surface area contributed by atoms with E-state index in [1.807, 2.05) is 36.4 Å². The molecule has 0 aliphatic carbocycles. The molecule has 5 nitrogen and oxygen atoms in total. The molecule has 5 heteroatoms. The van der Waals surface area contributed by atoms with E-state index in [1.54, 1.807) is 12.4 Å². The monoisotopic (exact) mass is 322 g/mol. The first-order valence-corrected chi connectivity index (χ1v) is 8.63. The molecule has 24 heavy (non-hydrogen) atoms. The zero-order valence-electron chi connectivity index (χ0n) is 13.7. The average molecular weight is 322 g/mol. The Labute approximate surface area is 142 Å². The summed E-state index contributed by atoms with van der Waals surface area (Å²) in [5.74, 6) is 2.20. The number of aromatic nitrogens is 2. The standard InChI is InChI=1S/C19H22N4O/c24-18(11-15-5-2-1-3-6-15)23-12-16-7-10-22(13-17(16)14-23)19-20-8-4-9-21-19/h1-6,8-9,16-17H,7,10-14H2/t16-,17+/m0/s1. The van der Waals surface area contributed by atoms with Crippen molar-refractivity contribution < 1.29 is 4.79 Å². The molecule has 2 fully saturated rings. The number of hydrogen-bond acceptors (Lipinski definition) is 4. The van der Waals surface area contributed by atoms with E-state index >= 15 is 0 Å². The van der Waals surface area contributed by atoms with E-state index in [-0.39, 0.29) is 5.91 Å². The Morgan fingerprint density at radius 2 is 1.75 bits per heavy atom. The van der Waals surface area contributed by atoms with Crippen LogP contribution < -0.4 is 4.90 Å². The first kappa shape index (κ1) is 15.1. The Kier molecular flexibility index (Phi) is 4.15. The highest BCUT2D eigenvalue weighted by Gasteiger charge is 2.39. The number of hydrogen-bond donors (Lipinski definition) is 0. The highest BCUT2D eigenvalue weighted by atomic mass is 16.2. The van der Waals surface area contributed by atoms with Crippen molar-refractivity contribution >= 4 is 11.9 Å². The molecule has 1 amide bonds. The number of likely N-dealkylation sites (tertiary alicyclic amines) is 1. The molecular weight excluding hydrogens is 300 g/mol. The average Bonchev–Trinajstić information content (AvgIpc) is 3.07. The predicted molar refractivity (Wildman–Crippen MR) is 92.6 cm³/mol. The number of piperidine rings is 1. The van der Waals surface area contributed by atoms with Crippen molar-refractivity contribution in [3.05, 3.63) is 54.4 Å². The molecule has 2 saturated heterocycles. The van der Waals surface area contributed by atoms with E-state index < -0.39 is 0 Å². The lowest BCUT2D eigenvalue weighted by Crippen LogP contribution is -2.40. The maximum Gasteiger partial charge on any atom is 0.227 e. The number of amides is 1. The summed E-state index contributed by atoms with van der Waals surface area (Å²) in [4.78, 5) is 25.6. The fourth-order valence-corrected chi connectivity index (χ4v) is 3.89. The summed E-state index contributed by atoms with van der Waals surface area (Å²) in [7, 11) is 0. The first-order chi connectivity index (χ1) is 11.8. The number of fused-ring (bicyclic) bond motifs is 1.